The summed E-state index contributed by atoms with van der Waals surface area (Å²) in [5.74, 6) is 1.21. The fourth-order valence-corrected chi connectivity index (χ4v) is 1.42. The van der Waals surface area contributed by atoms with Crippen LogP contribution in [0.1, 0.15) is 5.56 Å². The Labute approximate surface area is 111 Å². The van der Waals surface area contributed by atoms with Crippen molar-refractivity contribution < 1.29 is 9.53 Å². The van der Waals surface area contributed by atoms with Gasteiger partial charge in [-0.25, -0.2) is 9.78 Å². The van der Waals surface area contributed by atoms with Crippen LogP contribution in [0.3, 0.4) is 0 Å². The molecule has 0 saturated carbocycles. The summed E-state index contributed by atoms with van der Waals surface area (Å²) >= 11 is 0. The van der Waals surface area contributed by atoms with Crippen molar-refractivity contribution in [1.82, 2.24) is 10.3 Å². The molecule has 0 bridgehead atoms. The third-order valence-corrected chi connectivity index (χ3v) is 2.40. The molecule has 0 unspecified atom stereocenters. The zero-order valence-electron chi connectivity index (χ0n) is 10.6. The van der Waals surface area contributed by atoms with Crippen LogP contribution in [-0.4, -0.2) is 17.7 Å². The highest BCUT2D eigenvalue weighted by Crippen LogP contribution is 2.10. The predicted molar refractivity (Wildman–Crippen MR) is 73.1 cm³/mol. The second-order valence-corrected chi connectivity index (χ2v) is 3.95. The van der Waals surface area contributed by atoms with E-state index in [4.69, 9.17) is 4.74 Å². The van der Waals surface area contributed by atoms with Crippen molar-refractivity contribution in [2.75, 3.05) is 12.0 Å². The molecule has 0 fully saturated rings. The van der Waals surface area contributed by atoms with E-state index < -0.39 is 0 Å². The molecule has 0 radical (unpaired) electrons. The Balaban J connectivity index is 1.74. The average Bonchev–Trinajstić information content (AvgIpc) is 2.42. The number of carbonyl (C=O) groups excluding carboxylic acids is 1. The van der Waals surface area contributed by atoms with Crippen molar-refractivity contribution in [3.63, 3.8) is 0 Å². The summed E-state index contributed by atoms with van der Waals surface area (Å²) in [7, 11) is 0. The second kappa shape index (κ2) is 6.39. The Bertz CT molecular complexity index is 526. The van der Waals surface area contributed by atoms with E-state index in [2.05, 4.69) is 15.6 Å². The molecule has 0 aliphatic rings. The monoisotopic (exact) mass is 257 g/mol. The van der Waals surface area contributed by atoms with Crippen LogP contribution in [0, 0.1) is 6.92 Å². The van der Waals surface area contributed by atoms with Gasteiger partial charge in [-0.05, 0) is 31.2 Å². The number of nitrogens with one attached hydrogen (secondary N) is 2. The maximum Gasteiger partial charge on any atom is 0.323 e. The maximum atomic E-state index is 11.5. The van der Waals surface area contributed by atoms with Crippen LogP contribution in [0.25, 0.3) is 0 Å². The van der Waals surface area contributed by atoms with Crippen LogP contribution in [0.5, 0.6) is 5.75 Å². The molecule has 1 aromatic heterocycles. The fraction of sp³-hybridized carbons (Fsp3) is 0.143. The number of nitrogens with zero attached hydrogens (tertiary/aromatic N) is 1. The molecule has 0 atom stereocenters. The quantitative estimate of drug-likeness (QED) is 0.827. The molecule has 2 rings (SSSR count). The Morgan fingerprint density at radius 3 is 2.68 bits per heavy atom. The van der Waals surface area contributed by atoms with Gasteiger partial charge in [-0.1, -0.05) is 23.8 Å². The lowest BCUT2D eigenvalue weighted by molar-refractivity contribution is 0.234. The lowest BCUT2D eigenvalue weighted by Crippen LogP contribution is -2.32. The normalized spacial score (nSPS) is 9.74. The number of anilines is 1. The summed E-state index contributed by atoms with van der Waals surface area (Å²) in [6, 6.07) is 12.5. The van der Waals surface area contributed by atoms with Gasteiger partial charge in [0.2, 0.25) is 0 Å². The van der Waals surface area contributed by atoms with E-state index in [1.54, 1.807) is 24.4 Å². The Morgan fingerprint density at radius 2 is 2.00 bits per heavy atom. The number of carbonyl (C=O) groups is 1. The molecular weight excluding hydrogens is 242 g/mol. The lowest BCUT2D eigenvalue weighted by Gasteiger charge is -2.09. The van der Waals surface area contributed by atoms with Crippen molar-refractivity contribution in [3.05, 3.63) is 54.2 Å². The van der Waals surface area contributed by atoms with Gasteiger partial charge in [0.25, 0.3) is 0 Å². The molecule has 1 heterocycles. The summed E-state index contributed by atoms with van der Waals surface area (Å²) < 4.78 is 5.38. The SMILES string of the molecule is Cc1ccc(OCNC(=O)Nc2ccccn2)cc1. The number of rotatable bonds is 4. The highest BCUT2D eigenvalue weighted by molar-refractivity contribution is 5.87. The third kappa shape index (κ3) is 4.31. The summed E-state index contributed by atoms with van der Waals surface area (Å²) in [6.07, 6.45) is 1.61. The molecule has 2 aromatic rings. The number of ether oxygens (including phenoxy) is 1. The van der Waals surface area contributed by atoms with Crippen LogP contribution in [0.2, 0.25) is 0 Å². The molecule has 5 heteroatoms. The fourth-order valence-electron chi connectivity index (χ4n) is 1.42. The largest absolute Gasteiger partial charge is 0.473 e. The molecule has 19 heavy (non-hydrogen) atoms. The van der Waals surface area contributed by atoms with Crippen LogP contribution in [0.4, 0.5) is 10.6 Å². The summed E-state index contributed by atoms with van der Waals surface area (Å²) in [4.78, 5) is 15.5. The summed E-state index contributed by atoms with van der Waals surface area (Å²) in [5.41, 5.74) is 1.16. The van der Waals surface area contributed by atoms with Gasteiger partial charge in [0.1, 0.15) is 11.6 Å². The van der Waals surface area contributed by atoms with Gasteiger partial charge in [0.15, 0.2) is 6.73 Å². The van der Waals surface area contributed by atoms with Gasteiger partial charge in [-0.3, -0.25) is 5.32 Å². The minimum Gasteiger partial charge on any atom is -0.473 e. The first-order chi connectivity index (χ1) is 9.24. The van der Waals surface area contributed by atoms with Crippen molar-refractivity contribution >= 4 is 11.8 Å². The van der Waals surface area contributed by atoms with Gasteiger partial charge in [0.05, 0.1) is 0 Å². The number of benzene rings is 1. The second-order valence-electron chi connectivity index (χ2n) is 3.95. The van der Waals surface area contributed by atoms with E-state index in [1.165, 1.54) is 0 Å². The van der Waals surface area contributed by atoms with Crippen LogP contribution in [0.15, 0.2) is 48.7 Å². The van der Waals surface area contributed by atoms with Crippen molar-refractivity contribution in [1.29, 1.82) is 0 Å². The van der Waals surface area contributed by atoms with E-state index in [1.807, 2.05) is 31.2 Å². The van der Waals surface area contributed by atoms with E-state index in [0.717, 1.165) is 5.56 Å². The van der Waals surface area contributed by atoms with Crippen LogP contribution >= 0.6 is 0 Å². The summed E-state index contributed by atoms with van der Waals surface area (Å²) in [6.45, 7) is 2.10. The van der Waals surface area contributed by atoms with Gasteiger partial charge < -0.3 is 10.1 Å². The number of aromatic nitrogens is 1. The smallest absolute Gasteiger partial charge is 0.323 e. The van der Waals surface area contributed by atoms with E-state index >= 15 is 0 Å². The van der Waals surface area contributed by atoms with Crippen molar-refractivity contribution in [3.8, 4) is 5.75 Å². The van der Waals surface area contributed by atoms with E-state index in [9.17, 15) is 4.79 Å². The molecule has 5 nitrogen and oxygen atoms in total. The molecule has 0 aliphatic carbocycles. The minimum atomic E-state index is -0.356. The highest BCUT2D eigenvalue weighted by atomic mass is 16.5. The molecule has 98 valence electrons. The zero-order valence-corrected chi connectivity index (χ0v) is 10.6. The standard InChI is InChI=1S/C14H15N3O2/c1-11-5-7-12(8-6-11)19-10-16-14(18)17-13-4-2-3-9-15-13/h2-9H,10H2,1H3,(H2,15,16,17,18). The first-order valence-corrected chi connectivity index (χ1v) is 5.89. The van der Waals surface area contributed by atoms with Gasteiger partial charge >= 0.3 is 6.03 Å². The molecule has 0 saturated heterocycles. The molecular formula is C14H15N3O2. The lowest BCUT2D eigenvalue weighted by atomic mass is 10.2. The van der Waals surface area contributed by atoms with E-state index in [0.29, 0.717) is 11.6 Å². The van der Waals surface area contributed by atoms with Crippen molar-refractivity contribution in [2.45, 2.75) is 6.92 Å². The van der Waals surface area contributed by atoms with Gasteiger partial charge in [0, 0.05) is 6.20 Å². The van der Waals surface area contributed by atoms with Crippen LogP contribution in [-0.2, 0) is 0 Å². The van der Waals surface area contributed by atoms with Gasteiger partial charge in [-0.2, -0.15) is 0 Å². The minimum absolute atomic E-state index is 0.0989. The number of urea groups is 1. The predicted octanol–water partition coefficient (Wildman–Crippen LogP) is 2.55. The molecule has 2 N–H and O–H groups in total. The Kier molecular flexibility index (Phi) is 4.34. The number of amides is 2. The zero-order chi connectivity index (χ0) is 13.5. The molecule has 0 spiro atoms. The van der Waals surface area contributed by atoms with Crippen LogP contribution < -0.4 is 15.4 Å². The first-order valence-electron chi connectivity index (χ1n) is 5.89. The molecule has 2 amide bonds. The first kappa shape index (κ1) is 12.9. The topological polar surface area (TPSA) is 63.2 Å². The van der Waals surface area contributed by atoms with Gasteiger partial charge in [-0.15, -0.1) is 0 Å². The number of hydrogen-bond donors (Lipinski definition) is 2. The molecule has 0 aliphatic heterocycles. The highest BCUT2D eigenvalue weighted by Gasteiger charge is 2.01. The number of aryl methyl sites for hydroxylation is 1. The third-order valence-electron chi connectivity index (χ3n) is 2.40. The van der Waals surface area contributed by atoms with Crippen molar-refractivity contribution in [2.24, 2.45) is 0 Å². The Hall–Kier alpha value is -2.56. The number of pyridine rings is 1. The molecule has 1 aromatic carbocycles. The Morgan fingerprint density at radius 1 is 1.21 bits per heavy atom. The van der Waals surface area contributed by atoms with E-state index in [-0.39, 0.29) is 12.8 Å². The average molecular weight is 257 g/mol. The maximum absolute atomic E-state index is 11.5. The summed E-state index contributed by atoms with van der Waals surface area (Å²) in [5, 5.41) is 5.18. The number of hydrogen-bond acceptors (Lipinski definition) is 3.